The zero-order valence-electron chi connectivity index (χ0n) is 13.4. The van der Waals surface area contributed by atoms with Crippen LogP contribution in [0.1, 0.15) is 11.1 Å². The highest BCUT2D eigenvalue weighted by Gasteiger charge is 2.15. The molecule has 1 amide bonds. The Morgan fingerprint density at radius 2 is 2.12 bits per heavy atom. The standard InChI is InChI=1S/C19H16N2O3S/c22-18(9-13-3-4-16-17(8-13)24-12-23-16)21-10-14-2-1-6-20-19(14)15-5-7-25-11-15/h1-8,11H,9-10,12H2,(H,21,22). The third kappa shape index (κ3) is 3.49. The van der Waals surface area contributed by atoms with Crippen LogP contribution < -0.4 is 14.8 Å². The molecule has 0 aliphatic carbocycles. The van der Waals surface area contributed by atoms with Crippen LogP contribution in [0.15, 0.2) is 53.4 Å². The number of nitrogens with one attached hydrogen (secondary N) is 1. The van der Waals surface area contributed by atoms with Gasteiger partial charge in [0.25, 0.3) is 0 Å². The Morgan fingerprint density at radius 3 is 3.00 bits per heavy atom. The van der Waals surface area contributed by atoms with Gasteiger partial charge in [0.05, 0.1) is 12.1 Å². The van der Waals surface area contributed by atoms with Gasteiger partial charge in [-0.2, -0.15) is 11.3 Å². The van der Waals surface area contributed by atoms with Gasteiger partial charge in [0.15, 0.2) is 11.5 Å². The van der Waals surface area contributed by atoms with E-state index in [4.69, 9.17) is 9.47 Å². The number of aromatic nitrogens is 1. The number of fused-ring (bicyclic) bond motifs is 1. The van der Waals surface area contributed by atoms with Crippen molar-refractivity contribution in [2.75, 3.05) is 6.79 Å². The van der Waals surface area contributed by atoms with Gasteiger partial charge in [-0.05, 0) is 40.8 Å². The molecule has 2 aromatic heterocycles. The minimum Gasteiger partial charge on any atom is -0.454 e. The Labute approximate surface area is 149 Å². The second kappa shape index (κ2) is 6.94. The van der Waals surface area contributed by atoms with Gasteiger partial charge >= 0.3 is 0 Å². The van der Waals surface area contributed by atoms with Crippen LogP contribution in [-0.4, -0.2) is 17.7 Å². The number of pyridine rings is 1. The Kier molecular flexibility index (Phi) is 4.35. The van der Waals surface area contributed by atoms with Gasteiger partial charge in [-0.1, -0.05) is 12.1 Å². The van der Waals surface area contributed by atoms with Crippen molar-refractivity contribution in [2.24, 2.45) is 0 Å². The lowest BCUT2D eigenvalue weighted by molar-refractivity contribution is -0.120. The summed E-state index contributed by atoms with van der Waals surface area (Å²) in [4.78, 5) is 16.7. The van der Waals surface area contributed by atoms with E-state index in [1.54, 1.807) is 17.5 Å². The highest BCUT2D eigenvalue weighted by atomic mass is 32.1. The molecule has 0 saturated heterocycles. The Morgan fingerprint density at radius 1 is 1.20 bits per heavy atom. The highest BCUT2D eigenvalue weighted by Crippen LogP contribution is 2.32. The number of carbonyl (C=O) groups excluding carboxylic acids is 1. The van der Waals surface area contributed by atoms with Crippen molar-refractivity contribution < 1.29 is 14.3 Å². The normalized spacial score (nSPS) is 12.2. The zero-order chi connectivity index (χ0) is 17.1. The quantitative estimate of drug-likeness (QED) is 0.765. The molecule has 0 spiro atoms. The number of amides is 1. The first-order valence-electron chi connectivity index (χ1n) is 7.91. The number of hydrogen-bond donors (Lipinski definition) is 1. The average Bonchev–Trinajstić information content (AvgIpc) is 3.31. The minimum absolute atomic E-state index is 0.0426. The van der Waals surface area contributed by atoms with E-state index in [2.05, 4.69) is 15.7 Å². The van der Waals surface area contributed by atoms with Crippen LogP contribution in [0, 0.1) is 0 Å². The molecule has 6 heteroatoms. The number of carbonyl (C=O) groups is 1. The van der Waals surface area contributed by atoms with Crippen molar-refractivity contribution in [3.05, 3.63) is 64.5 Å². The Bertz CT molecular complexity index is 893. The Balaban J connectivity index is 1.41. The first-order valence-corrected chi connectivity index (χ1v) is 8.85. The molecule has 3 heterocycles. The first kappa shape index (κ1) is 15.7. The van der Waals surface area contributed by atoms with Crippen molar-refractivity contribution in [3.63, 3.8) is 0 Å². The van der Waals surface area contributed by atoms with E-state index in [0.29, 0.717) is 18.7 Å². The molecule has 1 aromatic carbocycles. The van der Waals surface area contributed by atoms with Gasteiger partial charge in [0, 0.05) is 23.7 Å². The van der Waals surface area contributed by atoms with E-state index >= 15 is 0 Å². The summed E-state index contributed by atoms with van der Waals surface area (Å²) in [5, 5.41) is 7.05. The summed E-state index contributed by atoms with van der Waals surface area (Å²) in [6, 6.07) is 11.5. The average molecular weight is 352 g/mol. The van der Waals surface area contributed by atoms with E-state index < -0.39 is 0 Å². The molecule has 0 radical (unpaired) electrons. The monoisotopic (exact) mass is 352 g/mol. The van der Waals surface area contributed by atoms with Gasteiger partial charge < -0.3 is 14.8 Å². The van der Waals surface area contributed by atoms with Crippen molar-refractivity contribution in [1.29, 1.82) is 0 Å². The predicted octanol–water partition coefficient (Wildman–Crippen LogP) is 3.40. The lowest BCUT2D eigenvalue weighted by atomic mass is 10.1. The van der Waals surface area contributed by atoms with E-state index in [1.165, 1.54) is 0 Å². The summed E-state index contributed by atoms with van der Waals surface area (Å²) in [5.41, 5.74) is 3.88. The summed E-state index contributed by atoms with van der Waals surface area (Å²) in [7, 11) is 0. The maximum atomic E-state index is 12.3. The molecule has 3 aromatic rings. The smallest absolute Gasteiger partial charge is 0.231 e. The van der Waals surface area contributed by atoms with Crippen LogP contribution in [-0.2, 0) is 17.8 Å². The molecule has 5 nitrogen and oxygen atoms in total. The fraction of sp³-hybridized carbons (Fsp3) is 0.158. The molecule has 1 aliphatic rings. The number of thiophene rings is 1. The molecule has 126 valence electrons. The number of ether oxygens (including phenoxy) is 2. The lowest BCUT2D eigenvalue weighted by Gasteiger charge is -2.09. The van der Waals surface area contributed by atoms with Crippen LogP contribution in [0.25, 0.3) is 11.3 Å². The molecular formula is C19H16N2O3S. The molecule has 0 fully saturated rings. The van der Waals surface area contributed by atoms with E-state index in [9.17, 15) is 4.79 Å². The van der Waals surface area contributed by atoms with Gasteiger partial charge in [-0.15, -0.1) is 0 Å². The van der Waals surface area contributed by atoms with E-state index in [-0.39, 0.29) is 12.7 Å². The summed E-state index contributed by atoms with van der Waals surface area (Å²) in [6.45, 7) is 0.680. The highest BCUT2D eigenvalue weighted by molar-refractivity contribution is 7.08. The number of nitrogens with zero attached hydrogens (tertiary/aromatic N) is 1. The lowest BCUT2D eigenvalue weighted by Crippen LogP contribution is -2.24. The summed E-state index contributed by atoms with van der Waals surface area (Å²) in [6.07, 6.45) is 2.07. The molecule has 1 aliphatic heterocycles. The van der Waals surface area contributed by atoms with Crippen LogP contribution in [0.4, 0.5) is 0 Å². The van der Waals surface area contributed by atoms with E-state index in [1.807, 2.05) is 41.8 Å². The maximum absolute atomic E-state index is 12.3. The van der Waals surface area contributed by atoms with Crippen molar-refractivity contribution >= 4 is 17.2 Å². The maximum Gasteiger partial charge on any atom is 0.231 e. The van der Waals surface area contributed by atoms with Crippen molar-refractivity contribution in [3.8, 4) is 22.8 Å². The molecule has 25 heavy (non-hydrogen) atoms. The fourth-order valence-corrected chi connectivity index (χ4v) is 3.37. The van der Waals surface area contributed by atoms with Crippen molar-refractivity contribution in [1.82, 2.24) is 10.3 Å². The third-order valence-electron chi connectivity index (χ3n) is 3.96. The Hall–Kier alpha value is -2.86. The second-order valence-electron chi connectivity index (χ2n) is 5.66. The topological polar surface area (TPSA) is 60.5 Å². The predicted molar refractivity (Wildman–Crippen MR) is 95.7 cm³/mol. The van der Waals surface area contributed by atoms with Crippen molar-refractivity contribution in [2.45, 2.75) is 13.0 Å². The minimum atomic E-state index is -0.0426. The molecule has 4 rings (SSSR count). The number of hydrogen-bond acceptors (Lipinski definition) is 5. The van der Waals surface area contributed by atoms with Crippen LogP contribution in [0.5, 0.6) is 11.5 Å². The zero-order valence-corrected chi connectivity index (χ0v) is 14.2. The molecule has 1 N–H and O–H groups in total. The third-order valence-corrected chi connectivity index (χ3v) is 4.65. The summed E-state index contributed by atoms with van der Waals surface area (Å²) in [5.74, 6) is 1.37. The van der Waals surface area contributed by atoms with E-state index in [0.717, 1.165) is 28.1 Å². The second-order valence-corrected chi connectivity index (χ2v) is 6.44. The van der Waals surface area contributed by atoms with Gasteiger partial charge in [0.1, 0.15) is 0 Å². The molecule has 0 atom stereocenters. The van der Waals surface area contributed by atoms with Crippen LogP contribution in [0.3, 0.4) is 0 Å². The fourth-order valence-electron chi connectivity index (χ4n) is 2.73. The molecular weight excluding hydrogens is 336 g/mol. The van der Waals surface area contributed by atoms with Crippen LogP contribution >= 0.6 is 11.3 Å². The number of rotatable bonds is 5. The largest absolute Gasteiger partial charge is 0.454 e. The van der Waals surface area contributed by atoms with Gasteiger partial charge in [0.2, 0.25) is 12.7 Å². The molecule has 0 bridgehead atoms. The van der Waals surface area contributed by atoms with Gasteiger partial charge in [-0.25, -0.2) is 0 Å². The van der Waals surface area contributed by atoms with Gasteiger partial charge in [-0.3, -0.25) is 9.78 Å². The molecule has 0 saturated carbocycles. The summed E-state index contributed by atoms with van der Waals surface area (Å²) < 4.78 is 10.6. The summed E-state index contributed by atoms with van der Waals surface area (Å²) >= 11 is 1.63. The first-order chi connectivity index (χ1) is 12.3. The number of benzene rings is 1. The van der Waals surface area contributed by atoms with Crippen LogP contribution in [0.2, 0.25) is 0 Å². The molecule has 0 unspecified atom stereocenters. The SMILES string of the molecule is O=C(Cc1ccc2c(c1)OCO2)NCc1cccnc1-c1ccsc1.